The van der Waals surface area contributed by atoms with E-state index in [0.717, 1.165) is 22.2 Å². The molecule has 0 bridgehead atoms. The largest absolute Gasteiger partial charge is 0.378 e. The maximum atomic E-state index is 4.34. The van der Waals surface area contributed by atoms with Crippen LogP contribution in [0, 0.1) is 0 Å². The molecule has 2 N–H and O–H groups in total. The van der Waals surface area contributed by atoms with Gasteiger partial charge >= 0.3 is 0 Å². The highest BCUT2D eigenvalue weighted by atomic mass is 32.1. The molecule has 2 aromatic heterocycles. The summed E-state index contributed by atoms with van der Waals surface area (Å²) in [4.78, 5) is 11.8. The van der Waals surface area contributed by atoms with Crippen LogP contribution < -0.4 is 5.32 Å². The molecule has 0 saturated carbocycles. The molecule has 0 amide bonds. The number of benzene rings is 1. The van der Waals surface area contributed by atoms with Crippen LogP contribution in [-0.2, 0) is 6.54 Å². The molecule has 1 aromatic carbocycles. The Hall–Kier alpha value is -2.14. The Morgan fingerprint density at radius 2 is 2.06 bits per heavy atom. The topological polar surface area (TPSA) is 53.6 Å². The Balaban J connectivity index is 1.68. The number of anilines is 1. The van der Waals surface area contributed by atoms with Gasteiger partial charge in [0.2, 0.25) is 0 Å². The van der Waals surface area contributed by atoms with Crippen molar-refractivity contribution in [3.63, 3.8) is 0 Å². The van der Waals surface area contributed by atoms with E-state index in [2.05, 4.69) is 20.3 Å². The second kappa shape index (κ2) is 5.01. The van der Waals surface area contributed by atoms with Gasteiger partial charge in [-0.05, 0) is 12.1 Å². The van der Waals surface area contributed by atoms with Gasteiger partial charge in [-0.15, -0.1) is 11.3 Å². The highest BCUT2D eigenvalue weighted by molar-refractivity contribution is 7.13. The van der Waals surface area contributed by atoms with Gasteiger partial charge in [0.15, 0.2) is 0 Å². The number of hydrogen-bond donors (Lipinski definition) is 2. The Bertz CT molecular complexity index is 601. The van der Waals surface area contributed by atoms with Crippen molar-refractivity contribution in [3.8, 4) is 10.7 Å². The van der Waals surface area contributed by atoms with E-state index in [1.165, 1.54) is 0 Å². The molecule has 3 aromatic rings. The fourth-order valence-corrected chi connectivity index (χ4v) is 2.26. The van der Waals surface area contributed by atoms with Crippen molar-refractivity contribution in [2.75, 3.05) is 5.32 Å². The van der Waals surface area contributed by atoms with Crippen LogP contribution >= 0.6 is 11.3 Å². The molecule has 3 rings (SSSR count). The first kappa shape index (κ1) is 11.0. The number of thiazole rings is 1. The second-order valence-electron chi connectivity index (χ2n) is 3.80. The quantitative estimate of drug-likeness (QED) is 0.754. The van der Waals surface area contributed by atoms with Gasteiger partial charge in [0, 0.05) is 17.3 Å². The standard InChI is InChI=1S/C13H12N4S/c1-2-4-10(5-3-1)15-9-12-16-8-11(17-12)13-14-6-7-18-13/h1-8,15H,9H2,(H,16,17). The van der Waals surface area contributed by atoms with Crippen molar-refractivity contribution in [1.82, 2.24) is 15.0 Å². The third-order valence-corrected chi connectivity index (χ3v) is 3.33. The molecular weight excluding hydrogens is 244 g/mol. The molecule has 0 aliphatic rings. The summed E-state index contributed by atoms with van der Waals surface area (Å²) in [6.45, 7) is 0.676. The zero-order valence-electron chi connectivity index (χ0n) is 9.63. The predicted molar refractivity (Wildman–Crippen MR) is 73.5 cm³/mol. The van der Waals surface area contributed by atoms with Crippen molar-refractivity contribution in [3.05, 3.63) is 53.9 Å². The maximum absolute atomic E-state index is 4.34. The summed E-state index contributed by atoms with van der Waals surface area (Å²) >= 11 is 1.60. The van der Waals surface area contributed by atoms with E-state index >= 15 is 0 Å². The van der Waals surface area contributed by atoms with E-state index in [1.807, 2.05) is 41.9 Å². The van der Waals surface area contributed by atoms with E-state index in [9.17, 15) is 0 Å². The van der Waals surface area contributed by atoms with Gasteiger partial charge in [-0.25, -0.2) is 9.97 Å². The van der Waals surface area contributed by atoms with Gasteiger partial charge in [0.25, 0.3) is 0 Å². The fourth-order valence-electron chi connectivity index (χ4n) is 1.66. The number of nitrogens with one attached hydrogen (secondary N) is 2. The van der Waals surface area contributed by atoms with Gasteiger partial charge in [-0.3, -0.25) is 0 Å². The Labute approximate surface area is 109 Å². The third kappa shape index (κ3) is 2.41. The van der Waals surface area contributed by atoms with Gasteiger partial charge in [0.05, 0.1) is 18.4 Å². The highest BCUT2D eigenvalue weighted by Crippen LogP contribution is 2.19. The molecule has 0 aliphatic heterocycles. The number of nitrogens with zero attached hydrogens (tertiary/aromatic N) is 2. The van der Waals surface area contributed by atoms with Crippen LogP contribution in [0.3, 0.4) is 0 Å². The van der Waals surface area contributed by atoms with E-state index in [0.29, 0.717) is 6.54 Å². The van der Waals surface area contributed by atoms with Crippen molar-refractivity contribution in [2.24, 2.45) is 0 Å². The van der Waals surface area contributed by atoms with Crippen LogP contribution in [0.2, 0.25) is 0 Å². The average Bonchev–Trinajstić information content (AvgIpc) is 3.08. The summed E-state index contributed by atoms with van der Waals surface area (Å²) in [7, 11) is 0. The molecule has 0 aliphatic carbocycles. The minimum atomic E-state index is 0.676. The molecule has 0 spiro atoms. The Morgan fingerprint density at radius 1 is 1.17 bits per heavy atom. The summed E-state index contributed by atoms with van der Waals surface area (Å²) < 4.78 is 0. The highest BCUT2D eigenvalue weighted by Gasteiger charge is 2.04. The zero-order valence-corrected chi connectivity index (χ0v) is 10.4. The van der Waals surface area contributed by atoms with Crippen molar-refractivity contribution < 1.29 is 0 Å². The van der Waals surface area contributed by atoms with Gasteiger partial charge in [-0.2, -0.15) is 0 Å². The lowest BCUT2D eigenvalue weighted by Gasteiger charge is -2.02. The Kier molecular flexibility index (Phi) is 3.06. The predicted octanol–water partition coefficient (Wildman–Crippen LogP) is 3.15. The molecule has 0 atom stereocenters. The number of para-hydroxylation sites is 1. The number of hydrogen-bond acceptors (Lipinski definition) is 4. The van der Waals surface area contributed by atoms with Gasteiger partial charge in [-0.1, -0.05) is 18.2 Å². The smallest absolute Gasteiger partial charge is 0.141 e. The summed E-state index contributed by atoms with van der Waals surface area (Å²) in [5, 5.41) is 6.23. The van der Waals surface area contributed by atoms with Crippen LogP contribution in [0.25, 0.3) is 10.7 Å². The molecule has 18 heavy (non-hydrogen) atoms. The van der Waals surface area contributed by atoms with E-state index in [4.69, 9.17) is 0 Å². The maximum Gasteiger partial charge on any atom is 0.141 e. The first-order valence-electron chi connectivity index (χ1n) is 5.64. The third-order valence-electron chi connectivity index (χ3n) is 2.52. The van der Waals surface area contributed by atoms with Crippen molar-refractivity contribution >= 4 is 17.0 Å². The second-order valence-corrected chi connectivity index (χ2v) is 4.69. The van der Waals surface area contributed by atoms with Crippen LogP contribution in [0.5, 0.6) is 0 Å². The first-order chi connectivity index (χ1) is 8.92. The van der Waals surface area contributed by atoms with E-state index < -0.39 is 0 Å². The van der Waals surface area contributed by atoms with Crippen LogP contribution in [0.15, 0.2) is 48.1 Å². The molecule has 5 heteroatoms. The monoisotopic (exact) mass is 256 g/mol. The lowest BCUT2D eigenvalue weighted by Crippen LogP contribution is -2.00. The molecule has 4 nitrogen and oxygen atoms in total. The summed E-state index contributed by atoms with van der Waals surface area (Å²) in [5.74, 6) is 0.907. The molecule has 90 valence electrons. The number of aromatic amines is 1. The zero-order chi connectivity index (χ0) is 12.2. The van der Waals surface area contributed by atoms with Crippen LogP contribution in [0.4, 0.5) is 5.69 Å². The molecule has 0 radical (unpaired) electrons. The molecule has 0 unspecified atom stereocenters. The minimum Gasteiger partial charge on any atom is -0.378 e. The summed E-state index contributed by atoms with van der Waals surface area (Å²) in [6.07, 6.45) is 3.61. The van der Waals surface area contributed by atoms with Crippen molar-refractivity contribution in [1.29, 1.82) is 0 Å². The number of imidazole rings is 1. The SMILES string of the molecule is c1ccc(NCc2ncc(-c3nccs3)[nH]2)cc1. The number of rotatable bonds is 4. The molecule has 0 fully saturated rings. The van der Waals surface area contributed by atoms with Crippen LogP contribution in [-0.4, -0.2) is 15.0 Å². The van der Waals surface area contributed by atoms with Gasteiger partial charge in [0.1, 0.15) is 10.8 Å². The van der Waals surface area contributed by atoms with Crippen molar-refractivity contribution in [2.45, 2.75) is 6.54 Å². The lowest BCUT2D eigenvalue weighted by atomic mass is 10.3. The van der Waals surface area contributed by atoms with Gasteiger partial charge < -0.3 is 10.3 Å². The molecule has 0 saturated heterocycles. The summed E-state index contributed by atoms with van der Waals surface area (Å²) in [6, 6.07) is 10.1. The lowest BCUT2D eigenvalue weighted by molar-refractivity contribution is 1.00. The molecular formula is C13H12N4S. The van der Waals surface area contributed by atoms with E-state index in [-0.39, 0.29) is 0 Å². The summed E-state index contributed by atoms with van der Waals surface area (Å²) in [5.41, 5.74) is 2.06. The fraction of sp³-hybridized carbons (Fsp3) is 0.0769. The number of H-pyrrole nitrogens is 1. The normalized spacial score (nSPS) is 10.4. The average molecular weight is 256 g/mol. The molecule has 2 heterocycles. The van der Waals surface area contributed by atoms with E-state index in [1.54, 1.807) is 17.5 Å². The first-order valence-corrected chi connectivity index (χ1v) is 6.52. The van der Waals surface area contributed by atoms with Crippen LogP contribution in [0.1, 0.15) is 5.82 Å². The Morgan fingerprint density at radius 3 is 2.83 bits per heavy atom. The number of aromatic nitrogens is 3. The minimum absolute atomic E-state index is 0.676.